The van der Waals surface area contributed by atoms with Gasteiger partial charge < -0.3 is 15.6 Å². The van der Waals surface area contributed by atoms with Gasteiger partial charge in [0.05, 0.1) is 5.69 Å². The third kappa shape index (κ3) is 4.69. The Balaban J connectivity index is 1.79. The zero-order valence-corrected chi connectivity index (χ0v) is 17.4. The topological polar surface area (TPSA) is 72.5 Å². The van der Waals surface area contributed by atoms with Gasteiger partial charge in [-0.1, -0.05) is 66.7 Å². The summed E-state index contributed by atoms with van der Waals surface area (Å²) in [7, 11) is 0. The second-order valence-corrected chi connectivity index (χ2v) is 7.69. The van der Waals surface area contributed by atoms with E-state index in [9.17, 15) is 4.79 Å². The first-order valence-electron chi connectivity index (χ1n) is 10.4. The van der Waals surface area contributed by atoms with Crippen molar-refractivity contribution in [2.75, 3.05) is 5.73 Å². The minimum atomic E-state index is -0.830. The number of aliphatic carboxylic acids is 1. The van der Waals surface area contributed by atoms with Crippen LogP contribution >= 0.6 is 0 Å². The lowest BCUT2D eigenvalue weighted by Crippen LogP contribution is -2.07. The fourth-order valence-electron chi connectivity index (χ4n) is 3.78. The van der Waals surface area contributed by atoms with E-state index in [1.807, 2.05) is 61.5 Å². The minimum Gasteiger partial charge on any atom is -0.483 e. The molecule has 4 rings (SSSR count). The molecule has 0 saturated heterocycles. The molecule has 31 heavy (non-hydrogen) atoms. The van der Waals surface area contributed by atoms with E-state index in [0.717, 1.165) is 33.0 Å². The van der Waals surface area contributed by atoms with Crippen molar-refractivity contribution in [3.05, 3.63) is 96.1 Å². The van der Waals surface area contributed by atoms with Crippen molar-refractivity contribution >= 4 is 22.4 Å². The first-order valence-corrected chi connectivity index (χ1v) is 10.4. The summed E-state index contributed by atoms with van der Waals surface area (Å²) in [4.78, 5) is 11.1. The molecule has 0 aliphatic carbocycles. The maximum atomic E-state index is 11.1. The molecule has 0 amide bonds. The van der Waals surface area contributed by atoms with Crippen molar-refractivity contribution in [3.8, 4) is 16.9 Å². The van der Waals surface area contributed by atoms with Gasteiger partial charge in [0.25, 0.3) is 0 Å². The molecule has 4 aromatic carbocycles. The Hall–Kier alpha value is -3.79. The van der Waals surface area contributed by atoms with Crippen LogP contribution in [0.4, 0.5) is 5.69 Å². The van der Waals surface area contributed by atoms with Gasteiger partial charge in [-0.15, -0.1) is 0 Å². The highest BCUT2D eigenvalue weighted by atomic mass is 16.5. The summed E-state index contributed by atoms with van der Waals surface area (Å²) in [6.45, 7) is 2.00. The lowest BCUT2D eigenvalue weighted by molar-refractivity contribution is -0.136. The van der Waals surface area contributed by atoms with E-state index < -0.39 is 5.97 Å². The van der Waals surface area contributed by atoms with E-state index in [1.165, 1.54) is 0 Å². The van der Waals surface area contributed by atoms with Crippen LogP contribution < -0.4 is 10.5 Å². The Morgan fingerprint density at radius 3 is 2.39 bits per heavy atom. The normalized spacial score (nSPS) is 11.9. The van der Waals surface area contributed by atoms with Crippen molar-refractivity contribution in [2.24, 2.45) is 0 Å². The Labute approximate surface area is 181 Å². The average molecular weight is 412 g/mol. The van der Waals surface area contributed by atoms with Crippen LogP contribution in [0.3, 0.4) is 0 Å². The summed E-state index contributed by atoms with van der Waals surface area (Å²) in [6.07, 6.45) is 0.277. The van der Waals surface area contributed by atoms with Crippen LogP contribution in [0.5, 0.6) is 5.75 Å². The molecule has 4 nitrogen and oxygen atoms in total. The van der Waals surface area contributed by atoms with Gasteiger partial charge in [0.15, 0.2) is 5.75 Å². The number of nitrogens with two attached hydrogens (primary N) is 1. The van der Waals surface area contributed by atoms with Crippen molar-refractivity contribution in [2.45, 2.75) is 25.9 Å². The SMILES string of the molecule is CC(Oc1c(N)cc(CCC(=O)O)cc1-c1ccc2ccccc2c1)c1ccccc1. The van der Waals surface area contributed by atoms with Gasteiger partial charge in [0, 0.05) is 12.0 Å². The molecule has 3 N–H and O–H groups in total. The predicted molar refractivity (Wildman–Crippen MR) is 125 cm³/mol. The Bertz CT molecular complexity index is 1220. The molecule has 0 saturated carbocycles. The van der Waals surface area contributed by atoms with Crippen LogP contribution in [0.1, 0.15) is 30.6 Å². The first kappa shape index (κ1) is 20.5. The second kappa shape index (κ2) is 8.92. The largest absolute Gasteiger partial charge is 0.483 e. The number of hydrogen-bond donors (Lipinski definition) is 2. The summed E-state index contributed by atoms with van der Waals surface area (Å²) in [5, 5.41) is 11.4. The van der Waals surface area contributed by atoms with E-state index in [1.54, 1.807) is 0 Å². The van der Waals surface area contributed by atoms with E-state index >= 15 is 0 Å². The summed E-state index contributed by atoms with van der Waals surface area (Å²) in [5.41, 5.74) is 10.7. The van der Waals surface area contributed by atoms with Crippen molar-refractivity contribution < 1.29 is 14.6 Å². The molecule has 0 aromatic heterocycles. The van der Waals surface area contributed by atoms with Crippen molar-refractivity contribution in [3.63, 3.8) is 0 Å². The zero-order chi connectivity index (χ0) is 21.8. The molecule has 0 heterocycles. The van der Waals surface area contributed by atoms with Crippen LogP contribution in [-0.2, 0) is 11.2 Å². The number of ether oxygens (including phenoxy) is 1. The smallest absolute Gasteiger partial charge is 0.303 e. The Morgan fingerprint density at radius 2 is 1.65 bits per heavy atom. The van der Waals surface area contributed by atoms with Gasteiger partial charge in [-0.2, -0.15) is 0 Å². The molecule has 156 valence electrons. The number of carboxylic acid groups (broad SMARTS) is 1. The highest BCUT2D eigenvalue weighted by molar-refractivity contribution is 5.89. The van der Waals surface area contributed by atoms with E-state index in [-0.39, 0.29) is 12.5 Å². The number of benzene rings is 4. The van der Waals surface area contributed by atoms with Gasteiger partial charge >= 0.3 is 5.97 Å². The molecule has 4 aromatic rings. The highest BCUT2D eigenvalue weighted by Crippen LogP contribution is 2.40. The molecule has 0 fully saturated rings. The monoisotopic (exact) mass is 411 g/mol. The maximum absolute atomic E-state index is 11.1. The number of fused-ring (bicyclic) bond motifs is 1. The molecular formula is C27H25NO3. The summed E-state index contributed by atoms with van der Waals surface area (Å²) in [5.74, 6) is -0.213. The molecule has 4 heteroatoms. The fraction of sp³-hybridized carbons (Fsp3) is 0.148. The molecule has 1 unspecified atom stereocenters. The third-order valence-corrected chi connectivity index (χ3v) is 5.43. The molecule has 0 aliphatic rings. The number of carbonyl (C=O) groups is 1. The van der Waals surface area contributed by atoms with Crippen LogP contribution in [0.2, 0.25) is 0 Å². The summed E-state index contributed by atoms with van der Waals surface area (Å²) in [6, 6.07) is 28.2. The number of nitrogen functional groups attached to an aromatic ring is 1. The minimum absolute atomic E-state index is 0.0528. The maximum Gasteiger partial charge on any atom is 0.303 e. The van der Waals surface area contributed by atoms with Crippen LogP contribution in [0.25, 0.3) is 21.9 Å². The van der Waals surface area contributed by atoms with Crippen molar-refractivity contribution in [1.82, 2.24) is 0 Å². The highest BCUT2D eigenvalue weighted by Gasteiger charge is 2.17. The lowest BCUT2D eigenvalue weighted by Gasteiger charge is -2.21. The zero-order valence-electron chi connectivity index (χ0n) is 17.4. The predicted octanol–water partition coefficient (Wildman–Crippen LogP) is 6.25. The molecule has 0 radical (unpaired) electrons. The number of aryl methyl sites for hydroxylation is 1. The molecule has 1 atom stereocenters. The Kier molecular flexibility index (Phi) is 5.89. The van der Waals surface area contributed by atoms with Gasteiger partial charge in [-0.05, 0) is 59.0 Å². The fourth-order valence-corrected chi connectivity index (χ4v) is 3.78. The molecule has 0 aliphatic heterocycles. The Morgan fingerprint density at radius 1 is 0.935 bits per heavy atom. The summed E-state index contributed by atoms with van der Waals surface area (Å²) >= 11 is 0. The van der Waals surface area contributed by atoms with Gasteiger partial charge in [-0.25, -0.2) is 0 Å². The van der Waals surface area contributed by atoms with Gasteiger partial charge in [-0.3, -0.25) is 4.79 Å². The van der Waals surface area contributed by atoms with Crippen LogP contribution in [-0.4, -0.2) is 11.1 Å². The number of hydrogen-bond acceptors (Lipinski definition) is 3. The van der Waals surface area contributed by atoms with E-state index in [4.69, 9.17) is 15.6 Å². The van der Waals surface area contributed by atoms with E-state index in [2.05, 4.69) is 30.3 Å². The quantitative estimate of drug-likeness (QED) is 0.353. The first-order chi connectivity index (χ1) is 15.0. The van der Waals surface area contributed by atoms with Crippen LogP contribution in [0, 0.1) is 0 Å². The molecule has 0 spiro atoms. The average Bonchev–Trinajstić information content (AvgIpc) is 2.79. The number of rotatable bonds is 7. The number of anilines is 1. The molecule has 0 bridgehead atoms. The van der Waals surface area contributed by atoms with Crippen molar-refractivity contribution in [1.29, 1.82) is 0 Å². The molecular weight excluding hydrogens is 386 g/mol. The second-order valence-electron chi connectivity index (χ2n) is 7.69. The van der Waals surface area contributed by atoms with Gasteiger partial charge in [0.2, 0.25) is 0 Å². The summed E-state index contributed by atoms with van der Waals surface area (Å²) < 4.78 is 6.37. The third-order valence-electron chi connectivity index (χ3n) is 5.43. The standard InChI is InChI=1S/C27H25NO3/c1-18(20-7-3-2-4-8-20)31-27-24(15-19(16-25(27)28)11-14-26(29)30)23-13-12-21-9-5-6-10-22(21)17-23/h2-10,12-13,15-18H,11,14,28H2,1H3,(H,29,30). The van der Waals surface area contributed by atoms with Crippen LogP contribution in [0.15, 0.2) is 84.9 Å². The lowest BCUT2D eigenvalue weighted by atomic mass is 9.96. The van der Waals surface area contributed by atoms with Gasteiger partial charge in [0.1, 0.15) is 6.10 Å². The number of carboxylic acids is 1. The van der Waals surface area contributed by atoms with E-state index in [0.29, 0.717) is 17.9 Å².